The number of aromatic nitrogens is 3. The molecule has 3 aromatic rings. The second-order valence-corrected chi connectivity index (χ2v) is 6.39. The Hall–Kier alpha value is -2.73. The van der Waals surface area contributed by atoms with Crippen molar-refractivity contribution in [1.82, 2.24) is 15.2 Å². The Balaban J connectivity index is 1.83. The standard InChI is InChI=1S/C19H20FN5/c20-15-5-3-14(4-6-15)18-17(13-7-9-22-10-8-13)19(24-23-18)25-11-1-2-16(21)12-25/h3-10,16H,1-2,11-12,21H2,(H,23,24). The van der Waals surface area contributed by atoms with Crippen molar-refractivity contribution in [3.05, 3.63) is 54.6 Å². The number of aromatic amines is 1. The van der Waals surface area contributed by atoms with Gasteiger partial charge in [0.25, 0.3) is 0 Å². The molecule has 0 saturated carbocycles. The largest absolute Gasteiger partial charge is 0.353 e. The van der Waals surface area contributed by atoms with Crippen molar-refractivity contribution >= 4 is 5.82 Å². The molecule has 1 unspecified atom stereocenters. The molecule has 1 aliphatic heterocycles. The number of hydrogen-bond donors (Lipinski definition) is 2. The summed E-state index contributed by atoms with van der Waals surface area (Å²) < 4.78 is 13.3. The van der Waals surface area contributed by atoms with Crippen molar-refractivity contribution in [2.75, 3.05) is 18.0 Å². The van der Waals surface area contributed by atoms with Gasteiger partial charge in [-0.3, -0.25) is 10.1 Å². The molecule has 3 N–H and O–H groups in total. The molecule has 128 valence electrons. The summed E-state index contributed by atoms with van der Waals surface area (Å²) in [6.45, 7) is 1.71. The summed E-state index contributed by atoms with van der Waals surface area (Å²) in [7, 11) is 0. The molecule has 0 bridgehead atoms. The van der Waals surface area contributed by atoms with E-state index >= 15 is 0 Å². The van der Waals surface area contributed by atoms with Gasteiger partial charge in [-0.25, -0.2) is 4.39 Å². The van der Waals surface area contributed by atoms with Gasteiger partial charge < -0.3 is 10.6 Å². The van der Waals surface area contributed by atoms with E-state index in [1.165, 1.54) is 12.1 Å². The zero-order valence-electron chi connectivity index (χ0n) is 13.8. The van der Waals surface area contributed by atoms with E-state index in [1.54, 1.807) is 24.5 Å². The van der Waals surface area contributed by atoms with Gasteiger partial charge in [0.05, 0.1) is 11.3 Å². The van der Waals surface area contributed by atoms with Gasteiger partial charge in [-0.2, -0.15) is 5.10 Å². The SMILES string of the molecule is NC1CCCN(c2n[nH]c(-c3ccc(F)cc3)c2-c2ccncc2)C1. The Labute approximate surface area is 145 Å². The predicted octanol–water partition coefficient (Wildman–Crippen LogP) is 3.21. The van der Waals surface area contributed by atoms with Crippen LogP contribution in [-0.4, -0.2) is 34.3 Å². The second-order valence-electron chi connectivity index (χ2n) is 6.39. The molecule has 0 spiro atoms. The highest BCUT2D eigenvalue weighted by Crippen LogP contribution is 2.38. The van der Waals surface area contributed by atoms with Crippen LogP contribution in [0.3, 0.4) is 0 Å². The van der Waals surface area contributed by atoms with Crippen LogP contribution in [-0.2, 0) is 0 Å². The molecule has 5 nitrogen and oxygen atoms in total. The van der Waals surface area contributed by atoms with E-state index in [4.69, 9.17) is 5.73 Å². The number of nitrogens with two attached hydrogens (primary N) is 1. The van der Waals surface area contributed by atoms with Gasteiger partial charge in [0.1, 0.15) is 5.82 Å². The molecule has 4 rings (SSSR count). The zero-order chi connectivity index (χ0) is 17.2. The topological polar surface area (TPSA) is 70.8 Å². The summed E-state index contributed by atoms with van der Waals surface area (Å²) in [5.41, 5.74) is 9.95. The zero-order valence-corrected chi connectivity index (χ0v) is 13.8. The van der Waals surface area contributed by atoms with Crippen molar-refractivity contribution in [3.8, 4) is 22.4 Å². The highest BCUT2D eigenvalue weighted by atomic mass is 19.1. The molecule has 1 aliphatic rings. The molecular formula is C19H20FN5. The molecule has 2 aromatic heterocycles. The van der Waals surface area contributed by atoms with Crippen LogP contribution in [0, 0.1) is 5.82 Å². The van der Waals surface area contributed by atoms with Crippen LogP contribution in [0.4, 0.5) is 10.2 Å². The fourth-order valence-corrected chi connectivity index (χ4v) is 3.38. The van der Waals surface area contributed by atoms with Gasteiger partial charge in [-0.1, -0.05) is 0 Å². The van der Waals surface area contributed by atoms with Crippen LogP contribution < -0.4 is 10.6 Å². The van der Waals surface area contributed by atoms with E-state index in [9.17, 15) is 4.39 Å². The first-order valence-electron chi connectivity index (χ1n) is 8.47. The van der Waals surface area contributed by atoms with E-state index in [1.807, 2.05) is 12.1 Å². The molecule has 0 amide bonds. The molecule has 1 saturated heterocycles. The molecule has 6 heteroatoms. The first-order valence-corrected chi connectivity index (χ1v) is 8.47. The number of benzene rings is 1. The second kappa shape index (κ2) is 6.64. The van der Waals surface area contributed by atoms with E-state index < -0.39 is 0 Å². The van der Waals surface area contributed by atoms with Crippen molar-refractivity contribution < 1.29 is 4.39 Å². The minimum atomic E-state index is -0.254. The Kier molecular flexibility index (Phi) is 4.19. The van der Waals surface area contributed by atoms with E-state index in [2.05, 4.69) is 20.1 Å². The maximum atomic E-state index is 13.3. The van der Waals surface area contributed by atoms with Crippen LogP contribution in [0.15, 0.2) is 48.8 Å². The lowest BCUT2D eigenvalue weighted by atomic mass is 10.00. The number of H-pyrrole nitrogens is 1. The van der Waals surface area contributed by atoms with Gasteiger partial charge in [0, 0.05) is 37.1 Å². The normalized spacial score (nSPS) is 17.7. The molecule has 1 fully saturated rings. The first-order chi connectivity index (χ1) is 12.2. The lowest BCUT2D eigenvalue weighted by molar-refractivity contribution is 0.503. The molecule has 3 heterocycles. The van der Waals surface area contributed by atoms with Crippen LogP contribution in [0.25, 0.3) is 22.4 Å². The third-order valence-electron chi connectivity index (χ3n) is 4.61. The van der Waals surface area contributed by atoms with E-state index in [0.29, 0.717) is 0 Å². The summed E-state index contributed by atoms with van der Waals surface area (Å²) in [6.07, 6.45) is 5.62. The number of nitrogens with one attached hydrogen (secondary N) is 1. The van der Waals surface area contributed by atoms with Gasteiger partial charge in [0.2, 0.25) is 0 Å². The fourth-order valence-electron chi connectivity index (χ4n) is 3.38. The summed E-state index contributed by atoms with van der Waals surface area (Å²) in [6, 6.07) is 10.5. The molecule has 0 aliphatic carbocycles. The van der Waals surface area contributed by atoms with E-state index in [-0.39, 0.29) is 11.9 Å². The molecule has 0 radical (unpaired) electrons. The summed E-state index contributed by atoms with van der Waals surface area (Å²) >= 11 is 0. The molecule has 1 aromatic carbocycles. The fraction of sp³-hybridized carbons (Fsp3) is 0.263. The predicted molar refractivity (Wildman–Crippen MR) is 96.6 cm³/mol. The number of piperidine rings is 1. The third-order valence-corrected chi connectivity index (χ3v) is 4.61. The van der Waals surface area contributed by atoms with Crippen molar-refractivity contribution in [2.45, 2.75) is 18.9 Å². The number of nitrogens with zero attached hydrogens (tertiary/aromatic N) is 3. The van der Waals surface area contributed by atoms with Crippen LogP contribution in [0.5, 0.6) is 0 Å². The lowest BCUT2D eigenvalue weighted by Crippen LogP contribution is -2.43. The maximum Gasteiger partial charge on any atom is 0.159 e. The van der Waals surface area contributed by atoms with Crippen LogP contribution in [0.1, 0.15) is 12.8 Å². The monoisotopic (exact) mass is 337 g/mol. The number of anilines is 1. The van der Waals surface area contributed by atoms with Gasteiger partial charge in [-0.15, -0.1) is 0 Å². The number of rotatable bonds is 3. The summed E-state index contributed by atoms with van der Waals surface area (Å²) in [4.78, 5) is 6.34. The Morgan fingerprint density at radius 3 is 2.56 bits per heavy atom. The number of hydrogen-bond acceptors (Lipinski definition) is 4. The average Bonchev–Trinajstić information content (AvgIpc) is 3.08. The van der Waals surface area contributed by atoms with Crippen molar-refractivity contribution in [3.63, 3.8) is 0 Å². The maximum absolute atomic E-state index is 13.3. The Morgan fingerprint density at radius 1 is 1.08 bits per heavy atom. The highest BCUT2D eigenvalue weighted by molar-refractivity contribution is 5.89. The third kappa shape index (κ3) is 3.13. The number of halogens is 1. The smallest absolute Gasteiger partial charge is 0.159 e. The van der Waals surface area contributed by atoms with Crippen LogP contribution in [0.2, 0.25) is 0 Å². The first kappa shape index (κ1) is 15.8. The minimum absolute atomic E-state index is 0.157. The quantitative estimate of drug-likeness (QED) is 0.770. The molecule has 25 heavy (non-hydrogen) atoms. The summed E-state index contributed by atoms with van der Waals surface area (Å²) in [5, 5.41) is 7.73. The van der Waals surface area contributed by atoms with E-state index in [0.717, 1.165) is 54.1 Å². The summed E-state index contributed by atoms with van der Waals surface area (Å²) in [5.74, 6) is 0.636. The number of pyridine rings is 1. The highest BCUT2D eigenvalue weighted by Gasteiger charge is 2.25. The van der Waals surface area contributed by atoms with Gasteiger partial charge in [0.15, 0.2) is 5.82 Å². The Bertz CT molecular complexity index is 844. The molecular weight excluding hydrogens is 317 g/mol. The Morgan fingerprint density at radius 2 is 1.84 bits per heavy atom. The lowest BCUT2D eigenvalue weighted by Gasteiger charge is -2.31. The average molecular weight is 337 g/mol. The molecule has 1 atom stereocenters. The van der Waals surface area contributed by atoms with Crippen molar-refractivity contribution in [1.29, 1.82) is 0 Å². The van der Waals surface area contributed by atoms with Crippen LogP contribution >= 0.6 is 0 Å². The van der Waals surface area contributed by atoms with Gasteiger partial charge >= 0.3 is 0 Å². The minimum Gasteiger partial charge on any atom is -0.353 e. The van der Waals surface area contributed by atoms with Gasteiger partial charge in [-0.05, 0) is 54.8 Å². The van der Waals surface area contributed by atoms with Crippen molar-refractivity contribution in [2.24, 2.45) is 5.73 Å².